The molecule has 1 aromatic heterocycles. The Hall–Kier alpha value is -2.05. The summed E-state index contributed by atoms with van der Waals surface area (Å²) in [6, 6.07) is 12.0. The molecule has 6 heteroatoms. The molecular formula is C19H25N3O2S. The fourth-order valence-electron chi connectivity index (χ4n) is 3.11. The summed E-state index contributed by atoms with van der Waals surface area (Å²) in [6.45, 7) is 5.56. The van der Waals surface area contributed by atoms with E-state index in [-0.39, 0.29) is 6.04 Å². The fraction of sp³-hybridized carbons (Fsp3) is 0.421. The summed E-state index contributed by atoms with van der Waals surface area (Å²) < 4.78 is 11.1. The highest BCUT2D eigenvalue weighted by Crippen LogP contribution is 2.25. The number of hydrogen-bond donors (Lipinski definition) is 2. The molecule has 0 amide bonds. The third-order valence-electron chi connectivity index (χ3n) is 4.33. The molecule has 1 saturated heterocycles. The van der Waals surface area contributed by atoms with Gasteiger partial charge in [-0.25, -0.2) is 0 Å². The first-order chi connectivity index (χ1) is 12.3. The molecule has 0 saturated carbocycles. The number of nitrogens with one attached hydrogen (secondary N) is 2. The van der Waals surface area contributed by atoms with Crippen LogP contribution in [0.2, 0.25) is 0 Å². The second-order valence-electron chi connectivity index (χ2n) is 6.07. The van der Waals surface area contributed by atoms with E-state index in [4.69, 9.17) is 21.4 Å². The van der Waals surface area contributed by atoms with Gasteiger partial charge in [0.15, 0.2) is 5.11 Å². The Bertz CT molecular complexity index is 652. The predicted molar refractivity (Wildman–Crippen MR) is 104 cm³/mol. The number of hydrogen-bond acceptors (Lipinski definition) is 4. The van der Waals surface area contributed by atoms with Gasteiger partial charge in [0.2, 0.25) is 0 Å². The molecule has 0 unspecified atom stereocenters. The zero-order valence-electron chi connectivity index (χ0n) is 14.5. The van der Waals surface area contributed by atoms with Crippen molar-refractivity contribution in [3.05, 3.63) is 48.4 Å². The van der Waals surface area contributed by atoms with Crippen molar-refractivity contribution in [2.45, 2.75) is 25.8 Å². The Labute approximate surface area is 154 Å². The number of benzene rings is 1. The molecule has 0 aliphatic carbocycles. The van der Waals surface area contributed by atoms with E-state index < -0.39 is 0 Å². The monoisotopic (exact) mass is 359 g/mol. The van der Waals surface area contributed by atoms with Gasteiger partial charge in [0.25, 0.3) is 0 Å². The molecule has 3 rings (SSSR count). The van der Waals surface area contributed by atoms with Gasteiger partial charge in [-0.15, -0.1) is 0 Å². The van der Waals surface area contributed by atoms with Gasteiger partial charge in [0, 0.05) is 12.2 Å². The summed E-state index contributed by atoms with van der Waals surface area (Å²) in [5, 5.41) is 7.15. The van der Waals surface area contributed by atoms with Crippen LogP contribution in [0.25, 0.3) is 0 Å². The molecule has 25 heavy (non-hydrogen) atoms. The van der Waals surface area contributed by atoms with E-state index in [1.165, 1.54) is 12.8 Å². The second-order valence-corrected chi connectivity index (χ2v) is 6.47. The predicted octanol–water partition coefficient (Wildman–Crippen LogP) is 3.80. The van der Waals surface area contributed by atoms with E-state index in [1.807, 2.05) is 43.3 Å². The third-order valence-corrected chi connectivity index (χ3v) is 4.58. The van der Waals surface area contributed by atoms with Crippen molar-refractivity contribution in [3.8, 4) is 5.75 Å². The first-order valence-corrected chi connectivity index (χ1v) is 9.22. The van der Waals surface area contributed by atoms with Gasteiger partial charge in [-0.1, -0.05) is 0 Å². The van der Waals surface area contributed by atoms with E-state index in [0.29, 0.717) is 11.7 Å². The Kier molecular flexibility index (Phi) is 6.30. The van der Waals surface area contributed by atoms with Gasteiger partial charge in [0.05, 0.1) is 18.9 Å². The molecule has 0 bridgehead atoms. The van der Waals surface area contributed by atoms with E-state index in [0.717, 1.165) is 36.8 Å². The number of likely N-dealkylation sites (tertiary alicyclic amines) is 1. The van der Waals surface area contributed by atoms with Gasteiger partial charge in [-0.3, -0.25) is 4.90 Å². The molecule has 5 nitrogen and oxygen atoms in total. The van der Waals surface area contributed by atoms with E-state index in [1.54, 1.807) is 6.26 Å². The van der Waals surface area contributed by atoms with Crippen molar-refractivity contribution in [2.75, 3.05) is 31.6 Å². The van der Waals surface area contributed by atoms with E-state index >= 15 is 0 Å². The molecular weight excluding hydrogens is 334 g/mol. The number of nitrogens with zero attached hydrogens (tertiary/aromatic N) is 1. The number of thiocarbonyl (C=S) groups is 1. The van der Waals surface area contributed by atoms with Crippen LogP contribution in [-0.4, -0.2) is 36.3 Å². The summed E-state index contributed by atoms with van der Waals surface area (Å²) >= 11 is 5.44. The van der Waals surface area contributed by atoms with Crippen molar-refractivity contribution in [1.29, 1.82) is 0 Å². The Morgan fingerprint density at radius 3 is 2.64 bits per heavy atom. The number of furan rings is 1. The highest BCUT2D eigenvalue weighted by Gasteiger charge is 2.25. The van der Waals surface area contributed by atoms with E-state index in [2.05, 4.69) is 15.5 Å². The molecule has 0 radical (unpaired) electrons. The van der Waals surface area contributed by atoms with Crippen molar-refractivity contribution in [2.24, 2.45) is 0 Å². The average Bonchev–Trinajstić information content (AvgIpc) is 3.31. The highest BCUT2D eigenvalue weighted by molar-refractivity contribution is 7.80. The smallest absolute Gasteiger partial charge is 0.170 e. The number of anilines is 1. The molecule has 1 aliphatic heterocycles. The lowest BCUT2D eigenvalue weighted by Crippen LogP contribution is -2.38. The minimum absolute atomic E-state index is 0.206. The number of rotatable bonds is 7. The molecule has 1 aliphatic rings. The van der Waals surface area contributed by atoms with Gasteiger partial charge in [-0.2, -0.15) is 0 Å². The summed E-state index contributed by atoms with van der Waals surface area (Å²) in [4.78, 5) is 2.45. The minimum atomic E-state index is 0.206. The van der Waals surface area contributed by atoms with Crippen LogP contribution in [0.5, 0.6) is 5.75 Å². The minimum Gasteiger partial charge on any atom is -0.494 e. The van der Waals surface area contributed by atoms with Crippen molar-refractivity contribution < 1.29 is 9.15 Å². The Morgan fingerprint density at radius 1 is 1.24 bits per heavy atom. The number of ether oxygens (including phenoxy) is 1. The summed E-state index contributed by atoms with van der Waals surface area (Å²) in [7, 11) is 0. The molecule has 1 fully saturated rings. The Balaban J connectivity index is 1.54. The van der Waals surface area contributed by atoms with Crippen LogP contribution >= 0.6 is 12.2 Å². The molecule has 2 aromatic rings. The van der Waals surface area contributed by atoms with Crippen molar-refractivity contribution >= 4 is 23.0 Å². The zero-order valence-corrected chi connectivity index (χ0v) is 15.3. The van der Waals surface area contributed by atoms with Crippen LogP contribution < -0.4 is 15.4 Å². The SMILES string of the molecule is CCOc1ccc(NC(=S)NC[C@@H](c2ccco2)N2CCCC2)cc1. The maximum Gasteiger partial charge on any atom is 0.170 e. The van der Waals surface area contributed by atoms with Crippen LogP contribution in [0.3, 0.4) is 0 Å². The second kappa shape index (κ2) is 8.87. The van der Waals surface area contributed by atoms with Gasteiger partial charge in [-0.05, 0) is 81.5 Å². The molecule has 2 heterocycles. The maximum atomic E-state index is 5.64. The summed E-state index contributed by atoms with van der Waals surface area (Å²) in [6.07, 6.45) is 4.22. The normalized spacial score (nSPS) is 15.7. The van der Waals surface area contributed by atoms with Crippen LogP contribution in [-0.2, 0) is 0 Å². The van der Waals surface area contributed by atoms with Crippen LogP contribution in [0.1, 0.15) is 31.6 Å². The fourth-order valence-corrected chi connectivity index (χ4v) is 3.31. The largest absolute Gasteiger partial charge is 0.494 e. The van der Waals surface area contributed by atoms with Crippen LogP contribution in [0.4, 0.5) is 5.69 Å². The van der Waals surface area contributed by atoms with Crippen LogP contribution in [0.15, 0.2) is 47.1 Å². The Morgan fingerprint density at radius 2 is 2.00 bits per heavy atom. The van der Waals surface area contributed by atoms with Crippen LogP contribution in [0, 0.1) is 0 Å². The first kappa shape index (κ1) is 17.8. The summed E-state index contributed by atoms with van der Waals surface area (Å²) in [5.74, 6) is 1.84. The zero-order chi connectivity index (χ0) is 17.5. The molecule has 134 valence electrons. The van der Waals surface area contributed by atoms with E-state index in [9.17, 15) is 0 Å². The average molecular weight is 359 g/mol. The van der Waals surface area contributed by atoms with Gasteiger partial charge in [0.1, 0.15) is 11.5 Å². The third kappa shape index (κ3) is 4.96. The van der Waals surface area contributed by atoms with Gasteiger partial charge >= 0.3 is 0 Å². The quantitative estimate of drug-likeness (QED) is 0.734. The molecule has 2 N–H and O–H groups in total. The molecule has 1 aromatic carbocycles. The summed E-state index contributed by atoms with van der Waals surface area (Å²) in [5.41, 5.74) is 0.941. The first-order valence-electron chi connectivity index (χ1n) is 8.81. The highest BCUT2D eigenvalue weighted by atomic mass is 32.1. The lowest BCUT2D eigenvalue weighted by Gasteiger charge is -2.26. The topological polar surface area (TPSA) is 49.7 Å². The maximum absolute atomic E-state index is 5.64. The lowest BCUT2D eigenvalue weighted by molar-refractivity contribution is 0.216. The lowest BCUT2D eigenvalue weighted by atomic mass is 10.2. The molecule has 1 atom stereocenters. The standard InChI is InChI=1S/C19H25N3O2S/c1-2-23-16-9-7-15(8-10-16)21-19(25)20-14-17(18-6-5-13-24-18)22-11-3-4-12-22/h5-10,13,17H,2-4,11-12,14H2,1H3,(H2,20,21,25)/t17-/m0/s1. The van der Waals surface area contributed by atoms with Crippen molar-refractivity contribution in [1.82, 2.24) is 10.2 Å². The molecule has 0 spiro atoms. The van der Waals surface area contributed by atoms with Gasteiger partial charge < -0.3 is 19.8 Å². The van der Waals surface area contributed by atoms with Crippen molar-refractivity contribution in [3.63, 3.8) is 0 Å².